The molecule has 5 heterocycles. The van der Waals surface area contributed by atoms with Gasteiger partial charge in [-0.25, -0.2) is 4.52 Å². The fourth-order valence-electron chi connectivity index (χ4n) is 4.56. The van der Waals surface area contributed by atoms with E-state index in [1.54, 1.807) is 10.7 Å². The lowest BCUT2D eigenvalue weighted by Gasteiger charge is -2.34. The quantitative estimate of drug-likeness (QED) is 0.379. The SMILES string of the molecule is Cc1ncc(NC(=O)CN2C[C@H](C)O[C@@H](C)C2)cc1-c1c(-c2cc[nH]c2)sc2c(C(N)=O)cnn12. The summed E-state index contributed by atoms with van der Waals surface area (Å²) in [4.78, 5) is 36.1. The Morgan fingerprint density at radius 3 is 2.74 bits per heavy atom. The van der Waals surface area contributed by atoms with Gasteiger partial charge in [0, 0.05) is 42.3 Å². The predicted molar refractivity (Wildman–Crippen MR) is 134 cm³/mol. The highest BCUT2D eigenvalue weighted by Gasteiger charge is 2.25. The zero-order valence-electron chi connectivity index (χ0n) is 19.7. The van der Waals surface area contributed by atoms with Crippen molar-refractivity contribution in [1.82, 2.24) is 24.5 Å². The molecule has 4 aromatic heterocycles. The summed E-state index contributed by atoms with van der Waals surface area (Å²) in [6.45, 7) is 7.63. The molecular weight excluding hydrogens is 466 g/mol. The number of pyridine rings is 1. The van der Waals surface area contributed by atoms with Gasteiger partial charge in [0.15, 0.2) is 0 Å². The summed E-state index contributed by atoms with van der Waals surface area (Å²) < 4.78 is 7.48. The van der Waals surface area contributed by atoms with Crippen molar-refractivity contribution in [2.24, 2.45) is 5.73 Å². The number of amides is 2. The van der Waals surface area contributed by atoms with Crippen molar-refractivity contribution in [3.8, 4) is 21.7 Å². The number of hydrogen-bond donors (Lipinski definition) is 3. The molecule has 0 unspecified atom stereocenters. The van der Waals surface area contributed by atoms with Crippen molar-refractivity contribution in [3.05, 3.63) is 48.2 Å². The smallest absolute Gasteiger partial charge is 0.253 e. The number of carbonyl (C=O) groups is 2. The first-order chi connectivity index (χ1) is 16.8. The fraction of sp³-hybridized carbons (Fsp3) is 0.333. The van der Waals surface area contributed by atoms with Gasteiger partial charge in [0.25, 0.3) is 5.91 Å². The fourth-order valence-corrected chi connectivity index (χ4v) is 5.78. The summed E-state index contributed by atoms with van der Waals surface area (Å²) >= 11 is 1.44. The molecule has 2 atom stereocenters. The maximum absolute atomic E-state index is 12.8. The Hall–Kier alpha value is -3.54. The molecule has 4 N–H and O–H groups in total. The van der Waals surface area contributed by atoms with Crippen LogP contribution in [0.3, 0.4) is 0 Å². The van der Waals surface area contributed by atoms with Crippen LogP contribution in [0.4, 0.5) is 5.69 Å². The average Bonchev–Trinajstić information content (AvgIpc) is 3.50. The summed E-state index contributed by atoms with van der Waals surface area (Å²) in [7, 11) is 0. The van der Waals surface area contributed by atoms with Crippen LogP contribution in [0.1, 0.15) is 29.9 Å². The van der Waals surface area contributed by atoms with E-state index in [-0.39, 0.29) is 24.7 Å². The molecule has 182 valence electrons. The standard InChI is InChI=1S/C24H27N7O3S/c1-13-10-30(11-14(2)34-13)12-20(32)29-17-6-18(15(3)27-8-17)21-22(16-4-5-26-7-16)35-24-19(23(25)33)9-28-31(21)24/h4-9,13-14,26H,10-12H2,1-3H3,(H2,25,33)(H,29,32)/t13-,14-/m0/s1. The topological polar surface area (TPSA) is 131 Å². The number of nitrogens with zero attached hydrogens (tertiary/aromatic N) is 4. The zero-order valence-corrected chi connectivity index (χ0v) is 20.6. The molecule has 35 heavy (non-hydrogen) atoms. The number of hydrogen-bond acceptors (Lipinski definition) is 7. The van der Waals surface area contributed by atoms with E-state index in [2.05, 4.69) is 25.3 Å². The van der Waals surface area contributed by atoms with E-state index < -0.39 is 5.91 Å². The van der Waals surface area contributed by atoms with E-state index in [0.29, 0.717) is 29.2 Å². The third kappa shape index (κ3) is 4.57. The van der Waals surface area contributed by atoms with Crippen LogP contribution in [0, 0.1) is 6.92 Å². The van der Waals surface area contributed by atoms with Crippen LogP contribution >= 0.6 is 11.3 Å². The lowest BCUT2D eigenvalue weighted by atomic mass is 10.1. The van der Waals surface area contributed by atoms with Crippen LogP contribution in [0.25, 0.3) is 26.5 Å². The second-order valence-electron chi connectivity index (χ2n) is 8.88. The molecular formula is C24H27N7O3S. The monoisotopic (exact) mass is 493 g/mol. The Morgan fingerprint density at radius 1 is 1.29 bits per heavy atom. The molecule has 0 aromatic carbocycles. The number of rotatable bonds is 6. The van der Waals surface area contributed by atoms with Crippen molar-refractivity contribution in [3.63, 3.8) is 0 Å². The van der Waals surface area contributed by atoms with Gasteiger partial charge in [-0.2, -0.15) is 5.10 Å². The third-order valence-corrected chi connectivity index (χ3v) is 7.18. The number of thiazole rings is 1. The van der Waals surface area contributed by atoms with Gasteiger partial charge >= 0.3 is 0 Å². The average molecular weight is 494 g/mol. The van der Waals surface area contributed by atoms with Crippen LogP contribution in [0.15, 0.2) is 36.9 Å². The minimum absolute atomic E-state index is 0.0893. The molecule has 1 fully saturated rings. The van der Waals surface area contributed by atoms with Crippen LogP contribution in [-0.2, 0) is 9.53 Å². The maximum atomic E-state index is 12.8. The molecule has 0 saturated carbocycles. The van der Waals surface area contributed by atoms with Gasteiger partial charge in [-0.1, -0.05) is 0 Å². The number of carbonyl (C=O) groups excluding carboxylic acids is 2. The molecule has 2 amide bonds. The normalized spacial score (nSPS) is 18.7. The number of nitrogens with two attached hydrogens (primary N) is 1. The van der Waals surface area contributed by atoms with Gasteiger partial charge < -0.3 is 20.8 Å². The van der Waals surface area contributed by atoms with Gasteiger partial charge in [-0.3, -0.25) is 19.5 Å². The molecule has 0 spiro atoms. The Kier molecular flexibility index (Phi) is 6.13. The van der Waals surface area contributed by atoms with Gasteiger partial charge in [0.2, 0.25) is 5.91 Å². The number of primary amides is 1. The van der Waals surface area contributed by atoms with Crippen LogP contribution < -0.4 is 11.1 Å². The summed E-state index contributed by atoms with van der Waals surface area (Å²) in [5, 5.41) is 7.44. The van der Waals surface area contributed by atoms with E-state index in [1.165, 1.54) is 17.5 Å². The van der Waals surface area contributed by atoms with Crippen molar-refractivity contribution in [2.45, 2.75) is 33.0 Å². The van der Waals surface area contributed by atoms with E-state index in [9.17, 15) is 9.59 Å². The lowest BCUT2D eigenvalue weighted by molar-refractivity contribution is -0.121. The van der Waals surface area contributed by atoms with Gasteiger partial charge in [0.05, 0.1) is 53.0 Å². The van der Waals surface area contributed by atoms with E-state index in [4.69, 9.17) is 10.5 Å². The van der Waals surface area contributed by atoms with Gasteiger partial charge in [-0.05, 0) is 32.9 Å². The predicted octanol–water partition coefficient (Wildman–Crippen LogP) is 2.91. The molecule has 5 rings (SSSR count). The Labute approximate surface area is 206 Å². The van der Waals surface area contributed by atoms with Crippen LogP contribution in [0.5, 0.6) is 0 Å². The van der Waals surface area contributed by atoms with Gasteiger partial charge in [-0.15, -0.1) is 11.3 Å². The van der Waals surface area contributed by atoms with E-state index in [1.807, 2.05) is 45.3 Å². The number of aryl methyl sites for hydroxylation is 1. The molecule has 10 nitrogen and oxygen atoms in total. The molecule has 1 aliphatic heterocycles. The Morgan fingerprint density at radius 2 is 2.06 bits per heavy atom. The molecule has 4 aromatic rings. The van der Waals surface area contributed by atoms with Crippen molar-refractivity contribution < 1.29 is 14.3 Å². The largest absolute Gasteiger partial charge is 0.373 e. The Bertz CT molecular complexity index is 1380. The lowest BCUT2D eigenvalue weighted by Crippen LogP contribution is -2.48. The highest BCUT2D eigenvalue weighted by atomic mass is 32.1. The molecule has 1 saturated heterocycles. The Balaban J connectivity index is 1.49. The minimum Gasteiger partial charge on any atom is -0.373 e. The third-order valence-electron chi connectivity index (χ3n) is 5.96. The molecule has 11 heteroatoms. The van der Waals surface area contributed by atoms with E-state index in [0.717, 1.165) is 27.4 Å². The highest BCUT2D eigenvalue weighted by Crippen LogP contribution is 2.41. The first kappa shape index (κ1) is 23.2. The number of nitrogens with one attached hydrogen (secondary N) is 2. The van der Waals surface area contributed by atoms with Crippen molar-refractivity contribution in [1.29, 1.82) is 0 Å². The number of aromatic amines is 1. The summed E-state index contributed by atoms with van der Waals surface area (Å²) in [5.41, 5.74) is 9.85. The first-order valence-electron chi connectivity index (χ1n) is 11.4. The molecule has 0 aliphatic carbocycles. The second kappa shape index (κ2) is 9.25. The number of ether oxygens (including phenoxy) is 1. The zero-order chi connectivity index (χ0) is 24.7. The minimum atomic E-state index is -0.531. The summed E-state index contributed by atoms with van der Waals surface area (Å²) in [6.07, 6.45) is 7.04. The molecule has 0 bridgehead atoms. The summed E-state index contributed by atoms with van der Waals surface area (Å²) in [6, 6.07) is 3.85. The van der Waals surface area contributed by atoms with Crippen molar-refractivity contribution >= 4 is 33.7 Å². The maximum Gasteiger partial charge on any atom is 0.253 e. The summed E-state index contributed by atoms with van der Waals surface area (Å²) in [5.74, 6) is -0.643. The molecule has 0 radical (unpaired) electrons. The van der Waals surface area contributed by atoms with Crippen LogP contribution in [-0.4, -0.2) is 68.1 Å². The van der Waals surface area contributed by atoms with Crippen LogP contribution in [0.2, 0.25) is 0 Å². The number of fused-ring (bicyclic) bond motifs is 1. The highest BCUT2D eigenvalue weighted by molar-refractivity contribution is 7.21. The number of H-pyrrole nitrogens is 1. The number of morpholine rings is 1. The first-order valence-corrected chi connectivity index (χ1v) is 12.2. The number of anilines is 1. The molecule has 1 aliphatic rings. The van der Waals surface area contributed by atoms with E-state index >= 15 is 0 Å². The second-order valence-corrected chi connectivity index (χ2v) is 9.87. The van der Waals surface area contributed by atoms with Crippen molar-refractivity contribution in [2.75, 3.05) is 25.0 Å². The number of aromatic nitrogens is 4. The van der Waals surface area contributed by atoms with Gasteiger partial charge in [0.1, 0.15) is 4.83 Å².